The second-order valence-corrected chi connectivity index (χ2v) is 10.6. The van der Waals surface area contributed by atoms with E-state index >= 15 is 0 Å². The van der Waals surface area contributed by atoms with Crippen molar-refractivity contribution < 1.29 is 19.1 Å². The van der Waals surface area contributed by atoms with Crippen molar-refractivity contribution in [3.8, 4) is 17.0 Å². The summed E-state index contributed by atoms with van der Waals surface area (Å²) in [6.07, 6.45) is 3.98. The van der Waals surface area contributed by atoms with Crippen molar-refractivity contribution in [3.05, 3.63) is 29.6 Å². The molecule has 0 spiro atoms. The largest absolute Gasteiger partial charge is 0.488 e. The molecule has 0 radical (unpaired) electrons. The molecule has 1 heterocycles. The Balaban J connectivity index is 1.50. The van der Waals surface area contributed by atoms with Crippen molar-refractivity contribution >= 4 is 23.4 Å². The van der Waals surface area contributed by atoms with Gasteiger partial charge in [0.05, 0.1) is 28.5 Å². The van der Waals surface area contributed by atoms with Crippen LogP contribution >= 0.6 is 0 Å². The van der Waals surface area contributed by atoms with Crippen molar-refractivity contribution in [3.63, 3.8) is 0 Å². The van der Waals surface area contributed by atoms with Gasteiger partial charge in [-0.05, 0) is 72.4 Å². The Morgan fingerprint density at radius 2 is 1.79 bits per heavy atom. The molecule has 2 aromatic rings. The first-order valence-electron chi connectivity index (χ1n) is 11.6. The van der Waals surface area contributed by atoms with E-state index in [0.29, 0.717) is 39.6 Å². The third-order valence-corrected chi connectivity index (χ3v) is 6.45. The van der Waals surface area contributed by atoms with Gasteiger partial charge in [-0.3, -0.25) is 4.79 Å². The fraction of sp³-hybridized carbons (Fsp3) is 0.520. The summed E-state index contributed by atoms with van der Waals surface area (Å²) in [5, 5.41) is 2.93. The number of carbonyl (C=O) groups is 2. The molecule has 0 atom stereocenters. The Morgan fingerprint density at radius 1 is 1.12 bits per heavy atom. The average Bonchev–Trinajstić information content (AvgIpc) is 2.73. The van der Waals surface area contributed by atoms with Crippen LogP contribution in [0.3, 0.4) is 0 Å². The van der Waals surface area contributed by atoms with Crippen LogP contribution in [0.1, 0.15) is 76.2 Å². The number of ether oxygens (including phenoxy) is 2. The number of Topliss-reactive ketones (excluding diaryl/α,β-unsaturated/α-hetero) is 1. The standard InChI is InChI=1S/C25H33N5O4/c1-24(2,3)34-23(32)30-13-6-8-14(9-7-13)33-16-11-10-15-17(19(16)26)21(31)25(4,5)18-20(15)28-12-29-22(18)27/h10-14H,6-9,26H2,1-5H3,(H,30,32)(H2,27,28,29). The molecule has 1 aromatic carbocycles. The summed E-state index contributed by atoms with van der Waals surface area (Å²) in [5.74, 6) is 0.645. The van der Waals surface area contributed by atoms with Gasteiger partial charge in [0.15, 0.2) is 5.78 Å². The zero-order chi connectivity index (χ0) is 24.8. The van der Waals surface area contributed by atoms with Gasteiger partial charge in [-0.15, -0.1) is 0 Å². The maximum Gasteiger partial charge on any atom is 0.407 e. The first-order chi connectivity index (χ1) is 15.9. The van der Waals surface area contributed by atoms with Crippen molar-refractivity contribution in [1.29, 1.82) is 0 Å². The van der Waals surface area contributed by atoms with Gasteiger partial charge >= 0.3 is 6.09 Å². The van der Waals surface area contributed by atoms with Crippen molar-refractivity contribution in [2.24, 2.45) is 0 Å². The summed E-state index contributed by atoms with van der Waals surface area (Å²) >= 11 is 0. The van der Waals surface area contributed by atoms with E-state index in [4.69, 9.17) is 20.9 Å². The Kier molecular flexibility index (Phi) is 5.91. The highest BCUT2D eigenvalue weighted by molar-refractivity contribution is 6.16. The maximum absolute atomic E-state index is 13.5. The van der Waals surface area contributed by atoms with E-state index in [1.165, 1.54) is 6.33 Å². The minimum Gasteiger partial charge on any atom is -0.488 e. The highest BCUT2D eigenvalue weighted by Gasteiger charge is 2.43. The van der Waals surface area contributed by atoms with E-state index in [-0.39, 0.29) is 17.9 Å². The number of rotatable bonds is 3. The van der Waals surface area contributed by atoms with Gasteiger partial charge in [-0.1, -0.05) is 0 Å². The van der Waals surface area contributed by atoms with E-state index in [9.17, 15) is 9.59 Å². The Bertz CT molecular complexity index is 1130. The van der Waals surface area contributed by atoms with E-state index in [2.05, 4.69) is 15.3 Å². The van der Waals surface area contributed by atoms with Crippen LogP contribution in [0, 0.1) is 0 Å². The minimum absolute atomic E-state index is 0.0413. The van der Waals surface area contributed by atoms with Crippen molar-refractivity contribution in [2.45, 2.75) is 83.5 Å². The van der Waals surface area contributed by atoms with Crippen LogP contribution in [-0.4, -0.2) is 39.6 Å². The van der Waals surface area contributed by atoms with E-state index in [1.54, 1.807) is 6.07 Å². The van der Waals surface area contributed by atoms with Crippen molar-refractivity contribution in [1.82, 2.24) is 15.3 Å². The molecule has 182 valence electrons. The number of nitrogen functional groups attached to an aromatic ring is 2. The lowest BCUT2D eigenvalue weighted by molar-refractivity contribution is 0.0471. The first-order valence-corrected chi connectivity index (χ1v) is 11.6. The number of fused-ring (bicyclic) bond motifs is 3. The van der Waals surface area contributed by atoms with Gasteiger partial charge in [-0.2, -0.15) is 0 Å². The van der Waals surface area contributed by atoms with E-state index in [1.807, 2.05) is 40.7 Å². The van der Waals surface area contributed by atoms with Crippen LogP contribution in [0.5, 0.6) is 5.75 Å². The second kappa shape index (κ2) is 8.45. The topological polar surface area (TPSA) is 142 Å². The monoisotopic (exact) mass is 467 g/mol. The van der Waals surface area contributed by atoms with Crippen molar-refractivity contribution in [2.75, 3.05) is 11.5 Å². The number of alkyl carbamates (subject to hydrolysis) is 1. The lowest BCUT2D eigenvalue weighted by Crippen LogP contribution is -2.42. The number of nitrogens with one attached hydrogen (secondary N) is 1. The van der Waals surface area contributed by atoms with Gasteiger partial charge in [0.25, 0.3) is 0 Å². The molecule has 1 fully saturated rings. The fourth-order valence-electron chi connectivity index (χ4n) is 4.77. The number of amides is 1. The number of ketones is 1. The molecule has 2 aliphatic carbocycles. The number of aromatic nitrogens is 2. The van der Waals surface area contributed by atoms with Gasteiger partial charge < -0.3 is 26.3 Å². The predicted molar refractivity (Wildman–Crippen MR) is 130 cm³/mol. The van der Waals surface area contributed by atoms with Gasteiger partial charge in [0.1, 0.15) is 23.5 Å². The van der Waals surface area contributed by atoms with Crippen LogP contribution < -0.4 is 21.5 Å². The van der Waals surface area contributed by atoms with Crippen LogP contribution in [-0.2, 0) is 10.2 Å². The zero-order valence-corrected chi connectivity index (χ0v) is 20.4. The number of nitrogens with zero attached hydrogens (tertiary/aromatic N) is 2. The summed E-state index contributed by atoms with van der Waals surface area (Å²) in [6.45, 7) is 9.14. The van der Waals surface area contributed by atoms with E-state index < -0.39 is 17.1 Å². The summed E-state index contributed by atoms with van der Waals surface area (Å²) in [5.41, 5.74) is 13.8. The third-order valence-electron chi connectivity index (χ3n) is 6.45. The predicted octanol–water partition coefficient (Wildman–Crippen LogP) is 4.00. The molecular formula is C25H33N5O4. The van der Waals surface area contributed by atoms with Crippen LogP contribution in [0.4, 0.5) is 16.3 Å². The number of benzene rings is 1. The average molecular weight is 468 g/mol. The normalized spacial score (nSPS) is 21.3. The highest BCUT2D eigenvalue weighted by atomic mass is 16.6. The van der Waals surface area contributed by atoms with Gasteiger partial charge in [0.2, 0.25) is 0 Å². The van der Waals surface area contributed by atoms with Crippen LogP contribution in [0.2, 0.25) is 0 Å². The molecular weight excluding hydrogens is 434 g/mol. The smallest absolute Gasteiger partial charge is 0.407 e. The molecule has 9 nitrogen and oxygen atoms in total. The Hall–Kier alpha value is -3.36. The van der Waals surface area contributed by atoms with Crippen LogP contribution in [0.15, 0.2) is 18.5 Å². The number of nitrogens with two attached hydrogens (primary N) is 2. The summed E-state index contributed by atoms with van der Waals surface area (Å²) in [7, 11) is 0. The summed E-state index contributed by atoms with van der Waals surface area (Å²) < 4.78 is 11.6. The molecule has 5 N–H and O–H groups in total. The zero-order valence-electron chi connectivity index (χ0n) is 20.4. The summed E-state index contributed by atoms with van der Waals surface area (Å²) in [4.78, 5) is 34.0. The summed E-state index contributed by atoms with van der Waals surface area (Å²) in [6, 6.07) is 3.64. The molecule has 0 aliphatic heterocycles. The molecule has 2 aliphatic rings. The molecule has 0 saturated heterocycles. The van der Waals surface area contributed by atoms with Gasteiger partial charge in [-0.25, -0.2) is 14.8 Å². The minimum atomic E-state index is -0.911. The molecule has 4 rings (SSSR count). The lowest BCUT2D eigenvalue weighted by Gasteiger charge is -2.34. The molecule has 1 saturated carbocycles. The number of hydrogen-bond acceptors (Lipinski definition) is 8. The number of carbonyl (C=O) groups excluding carboxylic acids is 2. The molecule has 1 amide bonds. The molecule has 34 heavy (non-hydrogen) atoms. The number of anilines is 2. The third kappa shape index (κ3) is 4.38. The maximum atomic E-state index is 13.5. The lowest BCUT2D eigenvalue weighted by atomic mass is 9.70. The molecule has 0 unspecified atom stereocenters. The van der Waals surface area contributed by atoms with Crippen LogP contribution in [0.25, 0.3) is 11.3 Å². The first kappa shape index (κ1) is 23.8. The van der Waals surface area contributed by atoms with E-state index in [0.717, 1.165) is 25.7 Å². The van der Waals surface area contributed by atoms with Gasteiger partial charge in [0, 0.05) is 17.2 Å². The number of hydrogen-bond donors (Lipinski definition) is 3. The Labute approximate surface area is 199 Å². The highest BCUT2D eigenvalue weighted by Crippen LogP contribution is 2.47. The molecule has 9 heteroatoms. The molecule has 1 aromatic heterocycles. The molecule has 0 bridgehead atoms. The fourth-order valence-corrected chi connectivity index (χ4v) is 4.77. The second-order valence-electron chi connectivity index (χ2n) is 10.6. The Morgan fingerprint density at radius 3 is 2.44 bits per heavy atom. The SMILES string of the molecule is CC(C)(C)OC(=O)NC1CCC(Oc2ccc3c(c2N)C(=O)C(C)(C)c2c(N)ncnc2-3)CC1. The quantitative estimate of drug-likeness (QED) is 0.575.